The van der Waals surface area contributed by atoms with Gasteiger partial charge in [0.1, 0.15) is 13.2 Å². The Bertz CT molecular complexity index is 1060. The number of nitrogens with zero attached hydrogens (tertiary/aromatic N) is 1. The van der Waals surface area contributed by atoms with Crippen LogP contribution in [-0.2, 0) is 14.3 Å². The highest BCUT2D eigenvalue weighted by atomic mass is 16.5. The summed E-state index contributed by atoms with van der Waals surface area (Å²) in [5, 5.41) is 21.4. The molecule has 2 aliphatic rings. The predicted octanol–water partition coefficient (Wildman–Crippen LogP) is 3.38. The summed E-state index contributed by atoms with van der Waals surface area (Å²) in [7, 11) is 0. The minimum absolute atomic E-state index is 0.0665. The molecule has 2 unspecified atom stereocenters. The van der Waals surface area contributed by atoms with Gasteiger partial charge in [0.15, 0.2) is 0 Å². The van der Waals surface area contributed by atoms with Crippen LogP contribution in [0.1, 0.15) is 49.7 Å². The van der Waals surface area contributed by atoms with Crippen LogP contribution >= 0.6 is 0 Å². The smallest absolute Gasteiger partial charge is 0.407 e. The number of aliphatic carboxylic acids is 1. The van der Waals surface area contributed by atoms with Crippen LogP contribution in [0.5, 0.6) is 0 Å². The SMILES string of the molecule is CC1(C(=O)N(CCO)CC(=O)O)CCCCC1NC(=O)OCC1c2ccccc2-c2ccccc21. The van der Waals surface area contributed by atoms with Crippen LogP contribution in [0.15, 0.2) is 48.5 Å². The molecule has 4 rings (SSSR count). The Hall–Kier alpha value is -3.39. The Morgan fingerprint density at radius 1 is 1.06 bits per heavy atom. The summed E-state index contributed by atoms with van der Waals surface area (Å²) in [4.78, 5) is 38.6. The summed E-state index contributed by atoms with van der Waals surface area (Å²) < 4.78 is 5.68. The number of carbonyl (C=O) groups is 3. The van der Waals surface area contributed by atoms with E-state index >= 15 is 0 Å². The number of aliphatic hydroxyl groups is 1. The van der Waals surface area contributed by atoms with Crippen molar-refractivity contribution in [2.45, 2.75) is 44.6 Å². The summed E-state index contributed by atoms with van der Waals surface area (Å²) >= 11 is 0. The quantitative estimate of drug-likeness (QED) is 0.533. The molecular weight excluding hydrogens is 448 g/mol. The van der Waals surface area contributed by atoms with E-state index < -0.39 is 30.1 Å². The van der Waals surface area contributed by atoms with Crippen molar-refractivity contribution in [3.63, 3.8) is 0 Å². The Morgan fingerprint density at radius 2 is 1.69 bits per heavy atom. The second kappa shape index (κ2) is 10.5. The molecule has 0 bridgehead atoms. The number of fused-ring (bicyclic) bond motifs is 3. The van der Waals surface area contributed by atoms with E-state index in [-0.39, 0.29) is 31.6 Å². The normalized spacial score (nSPS) is 21.0. The molecule has 0 spiro atoms. The van der Waals surface area contributed by atoms with E-state index in [0.717, 1.165) is 40.0 Å². The van der Waals surface area contributed by atoms with Gasteiger partial charge in [-0.15, -0.1) is 0 Å². The van der Waals surface area contributed by atoms with Crippen molar-refractivity contribution >= 4 is 18.0 Å². The molecule has 186 valence electrons. The molecule has 1 saturated carbocycles. The summed E-state index contributed by atoms with van der Waals surface area (Å²) in [5.74, 6) is -1.59. The molecule has 35 heavy (non-hydrogen) atoms. The number of carboxylic acids is 1. The minimum Gasteiger partial charge on any atom is -0.480 e. The van der Waals surface area contributed by atoms with Crippen LogP contribution in [0.4, 0.5) is 4.79 Å². The fourth-order valence-corrected chi connectivity index (χ4v) is 5.50. The molecule has 2 aromatic carbocycles. The Kier molecular flexibility index (Phi) is 7.40. The first kappa shape index (κ1) is 24.7. The molecule has 3 N–H and O–H groups in total. The highest BCUT2D eigenvalue weighted by Gasteiger charge is 2.46. The monoisotopic (exact) mass is 480 g/mol. The van der Waals surface area contributed by atoms with Gasteiger partial charge < -0.3 is 25.2 Å². The fraction of sp³-hybridized carbons (Fsp3) is 0.444. The zero-order chi connectivity index (χ0) is 25.0. The first-order valence-electron chi connectivity index (χ1n) is 12.1. The van der Waals surface area contributed by atoms with Crippen molar-refractivity contribution < 1.29 is 29.3 Å². The molecule has 2 amide bonds. The summed E-state index contributed by atoms with van der Waals surface area (Å²) in [5.41, 5.74) is 3.55. The third-order valence-electron chi connectivity index (χ3n) is 7.32. The number of amides is 2. The summed E-state index contributed by atoms with van der Waals surface area (Å²) in [6.07, 6.45) is 2.15. The first-order valence-corrected chi connectivity index (χ1v) is 12.1. The second-order valence-corrected chi connectivity index (χ2v) is 9.53. The van der Waals surface area contributed by atoms with E-state index in [2.05, 4.69) is 29.6 Å². The maximum atomic E-state index is 13.3. The molecular formula is C27H32N2O6. The number of rotatable bonds is 8. The number of carboxylic acid groups (broad SMARTS) is 1. The van der Waals surface area contributed by atoms with Crippen molar-refractivity contribution in [1.29, 1.82) is 0 Å². The third kappa shape index (κ3) is 5.03. The Morgan fingerprint density at radius 3 is 2.29 bits per heavy atom. The molecule has 0 radical (unpaired) electrons. The van der Waals surface area contributed by atoms with Crippen LogP contribution in [0.2, 0.25) is 0 Å². The number of aliphatic hydroxyl groups excluding tert-OH is 1. The minimum atomic E-state index is -1.15. The molecule has 8 heteroatoms. The number of ether oxygens (including phenoxy) is 1. The van der Waals surface area contributed by atoms with Gasteiger partial charge in [-0.3, -0.25) is 9.59 Å². The van der Waals surface area contributed by atoms with Crippen molar-refractivity contribution in [1.82, 2.24) is 10.2 Å². The number of benzene rings is 2. The van der Waals surface area contributed by atoms with Crippen molar-refractivity contribution in [3.8, 4) is 11.1 Å². The number of carbonyl (C=O) groups excluding carboxylic acids is 2. The molecule has 1 fully saturated rings. The fourth-order valence-electron chi connectivity index (χ4n) is 5.50. The van der Waals surface area contributed by atoms with Crippen LogP contribution in [0.25, 0.3) is 11.1 Å². The van der Waals surface area contributed by atoms with Gasteiger partial charge in [-0.1, -0.05) is 61.4 Å². The zero-order valence-corrected chi connectivity index (χ0v) is 19.9. The van der Waals surface area contributed by atoms with Crippen molar-refractivity contribution in [3.05, 3.63) is 59.7 Å². The molecule has 0 heterocycles. The lowest BCUT2D eigenvalue weighted by Crippen LogP contribution is -2.57. The number of hydrogen-bond acceptors (Lipinski definition) is 5. The zero-order valence-electron chi connectivity index (χ0n) is 19.9. The van der Waals surface area contributed by atoms with Gasteiger partial charge in [-0.2, -0.15) is 0 Å². The maximum absolute atomic E-state index is 13.3. The molecule has 2 aromatic rings. The Balaban J connectivity index is 1.45. The van der Waals surface area contributed by atoms with Crippen LogP contribution < -0.4 is 5.32 Å². The van der Waals surface area contributed by atoms with E-state index in [1.54, 1.807) is 6.92 Å². The summed E-state index contributed by atoms with van der Waals surface area (Å²) in [6, 6.07) is 15.7. The van der Waals surface area contributed by atoms with E-state index in [1.165, 1.54) is 0 Å². The second-order valence-electron chi connectivity index (χ2n) is 9.53. The van der Waals surface area contributed by atoms with Crippen LogP contribution in [0.3, 0.4) is 0 Å². The highest BCUT2D eigenvalue weighted by Crippen LogP contribution is 2.44. The standard InChI is InChI=1S/C27H32N2O6/c1-27(25(33)29(14-15-30)16-24(31)32)13-7-6-12-23(27)28-26(34)35-17-22-20-10-4-2-8-18(20)19-9-3-5-11-21(19)22/h2-5,8-11,22-23,30H,6-7,12-17H2,1H3,(H,28,34)(H,31,32). The average molecular weight is 481 g/mol. The number of hydrogen-bond donors (Lipinski definition) is 3. The largest absolute Gasteiger partial charge is 0.480 e. The van der Waals surface area contributed by atoms with Gasteiger partial charge >= 0.3 is 12.1 Å². The third-order valence-corrected chi connectivity index (χ3v) is 7.32. The molecule has 2 aliphatic carbocycles. The van der Waals surface area contributed by atoms with Crippen molar-refractivity contribution in [2.24, 2.45) is 5.41 Å². The van der Waals surface area contributed by atoms with Crippen LogP contribution in [-0.4, -0.2) is 65.4 Å². The van der Waals surface area contributed by atoms with E-state index in [0.29, 0.717) is 12.8 Å². The van der Waals surface area contributed by atoms with Gasteiger partial charge in [0.05, 0.1) is 12.0 Å². The lowest BCUT2D eigenvalue weighted by molar-refractivity contribution is -0.152. The van der Waals surface area contributed by atoms with Crippen molar-refractivity contribution in [2.75, 3.05) is 26.3 Å². The topological polar surface area (TPSA) is 116 Å². The van der Waals surface area contributed by atoms with Gasteiger partial charge in [0.2, 0.25) is 5.91 Å². The predicted molar refractivity (Wildman–Crippen MR) is 130 cm³/mol. The molecule has 0 saturated heterocycles. The van der Waals surface area contributed by atoms with Gasteiger partial charge in [0, 0.05) is 18.5 Å². The van der Waals surface area contributed by atoms with Gasteiger partial charge in [-0.05, 0) is 42.0 Å². The van der Waals surface area contributed by atoms with Crippen LogP contribution in [0, 0.1) is 5.41 Å². The van der Waals surface area contributed by atoms with Gasteiger partial charge in [-0.25, -0.2) is 4.79 Å². The molecule has 2 atom stereocenters. The van der Waals surface area contributed by atoms with E-state index in [4.69, 9.17) is 4.74 Å². The maximum Gasteiger partial charge on any atom is 0.407 e. The first-order chi connectivity index (χ1) is 16.8. The average Bonchev–Trinajstić information content (AvgIpc) is 3.17. The number of alkyl carbamates (subject to hydrolysis) is 1. The molecule has 8 nitrogen and oxygen atoms in total. The lowest BCUT2D eigenvalue weighted by atomic mass is 9.70. The number of nitrogens with one attached hydrogen (secondary N) is 1. The van der Waals surface area contributed by atoms with E-state index in [9.17, 15) is 24.6 Å². The lowest BCUT2D eigenvalue weighted by Gasteiger charge is -2.42. The van der Waals surface area contributed by atoms with Gasteiger partial charge in [0.25, 0.3) is 0 Å². The molecule has 0 aliphatic heterocycles. The summed E-state index contributed by atoms with van der Waals surface area (Å²) in [6.45, 7) is 1.03. The van der Waals surface area contributed by atoms with E-state index in [1.807, 2.05) is 24.3 Å². The highest BCUT2D eigenvalue weighted by molar-refractivity contribution is 5.87. The molecule has 0 aromatic heterocycles. The Labute approximate surface area is 204 Å².